The van der Waals surface area contributed by atoms with Gasteiger partial charge in [-0.3, -0.25) is 9.59 Å². The van der Waals surface area contributed by atoms with Gasteiger partial charge in [-0.2, -0.15) is 13.2 Å². The van der Waals surface area contributed by atoms with E-state index in [1.807, 2.05) is 0 Å². The van der Waals surface area contributed by atoms with Gasteiger partial charge in [0, 0.05) is 11.6 Å². The average Bonchev–Trinajstić information content (AvgIpc) is 2.36. The van der Waals surface area contributed by atoms with Crippen LogP contribution in [0.4, 0.5) is 17.6 Å². The number of carboxylic acid groups (broad SMARTS) is 1. The molecule has 0 spiro atoms. The lowest BCUT2D eigenvalue weighted by atomic mass is 10.1. The van der Waals surface area contributed by atoms with Crippen molar-refractivity contribution in [3.8, 4) is 0 Å². The molecule has 1 unspecified atom stereocenters. The quantitative estimate of drug-likeness (QED) is 0.822. The van der Waals surface area contributed by atoms with Gasteiger partial charge >= 0.3 is 12.1 Å². The Morgan fingerprint density at radius 1 is 1.33 bits per heavy atom. The normalized spacial score (nSPS) is 12.8. The smallest absolute Gasteiger partial charge is 0.419 e. The van der Waals surface area contributed by atoms with Gasteiger partial charge in [-0.05, 0) is 24.6 Å². The second-order valence-electron chi connectivity index (χ2n) is 4.37. The minimum Gasteiger partial charge on any atom is -0.481 e. The molecule has 0 radical (unpaired) electrons. The third-order valence-corrected chi connectivity index (χ3v) is 2.78. The van der Waals surface area contributed by atoms with Gasteiger partial charge < -0.3 is 10.4 Å². The molecule has 0 aliphatic heterocycles. The van der Waals surface area contributed by atoms with Crippen LogP contribution in [0.3, 0.4) is 0 Å². The summed E-state index contributed by atoms with van der Waals surface area (Å²) in [6.07, 6.45) is -4.97. The van der Waals surface area contributed by atoms with Crippen LogP contribution in [0.1, 0.15) is 35.7 Å². The first-order valence-corrected chi connectivity index (χ1v) is 6.04. The van der Waals surface area contributed by atoms with Crippen molar-refractivity contribution in [2.75, 3.05) is 0 Å². The molecule has 1 rings (SSSR count). The van der Waals surface area contributed by atoms with E-state index in [2.05, 4.69) is 5.32 Å². The van der Waals surface area contributed by atoms with Crippen LogP contribution in [-0.2, 0) is 11.0 Å². The first-order valence-electron chi connectivity index (χ1n) is 6.04. The fourth-order valence-electron chi connectivity index (χ4n) is 1.66. The molecule has 0 aliphatic rings. The number of halogens is 4. The van der Waals surface area contributed by atoms with Gasteiger partial charge in [0.1, 0.15) is 5.82 Å². The second kappa shape index (κ2) is 6.55. The molecule has 0 heterocycles. The standard InChI is InChI=1S/C13H13F4NO3/c1-2-8(6-11(19)20)18-12(21)7-3-4-10(14)9(5-7)13(15,16)17/h3-5,8H,2,6H2,1H3,(H,18,21)(H,19,20). The van der Waals surface area contributed by atoms with E-state index in [-0.39, 0.29) is 12.0 Å². The fourth-order valence-corrected chi connectivity index (χ4v) is 1.66. The first-order chi connectivity index (χ1) is 9.65. The average molecular weight is 307 g/mol. The number of benzene rings is 1. The minimum absolute atomic E-state index is 0.297. The number of carbonyl (C=O) groups is 2. The molecule has 0 aliphatic carbocycles. The Labute approximate surface area is 117 Å². The van der Waals surface area contributed by atoms with Gasteiger partial charge in [0.25, 0.3) is 5.91 Å². The monoisotopic (exact) mass is 307 g/mol. The fraction of sp³-hybridized carbons (Fsp3) is 0.385. The van der Waals surface area contributed by atoms with Gasteiger partial charge in [-0.25, -0.2) is 4.39 Å². The Balaban J connectivity index is 2.95. The molecule has 1 aromatic rings. The lowest BCUT2D eigenvalue weighted by Gasteiger charge is -2.15. The summed E-state index contributed by atoms with van der Waals surface area (Å²) in [5, 5.41) is 10.9. The highest BCUT2D eigenvalue weighted by Crippen LogP contribution is 2.31. The van der Waals surface area contributed by atoms with Gasteiger partial charge in [-0.1, -0.05) is 6.92 Å². The first kappa shape index (κ1) is 16.9. The number of alkyl halides is 3. The predicted octanol–water partition coefficient (Wildman–Crippen LogP) is 2.83. The Morgan fingerprint density at radius 2 is 1.95 bits per heavy atom. The number of hydrogen-bond acceptors (Lipinski definition) is 2. The van der Waals surface area contributed by atoms with Crippen LogP contribution in [0.2, 0.25) is 0 Å². The van der Waals surface area contributed by atoms with E-state index in [0.29, 0.717) is 18.6 Å². The van der Waals surface area contributed by atoms with Crippen molar-refractivity contribution in [2.24, 2.45) is 0 Å². The molecule has 2 N–H and O–H groups in total. The van der Waals surface area contributed by atoms with E-state index in [0.717, 1.165) is 6.07 Å². The molecular formula is C13H13F4NO3. The van der Waals surface area contributed by atoms with Crippen LogP contribution in [-0.4, -0.2) is 23.0 Å². The molecule has 0 fully saturated rings. The number of amides is 1. The van der Waals surface area contributed by atoms with Crippen molar-refractivity contribution in [2.45, 2.75) is 32.0 Å². The predicted molar refractivity (Wildman–Crippen MR) is 65.2 cm³/mol. The van der Waals surface area contributed by atoms with Gasteiger partial charge in [0.15, 0.2) is 0 Å². The third kappa shape index (κ3) is 4.73. The van der Waals surface area contributed by atoms with Crippen molar-refractivity contribution >= 4 is 11.9 Å². The molecule has 0 bridgehead atoms. The summed E-state index contributed by atoms with van der Waals surface area (Å²) in [5.74, 6) is -3.50. The van der Waals surface area contributed by atoms with Crippen LogP contribution >= 0.6 is 0 Å². The molecule has 1 atom stereocenters. The topological polar surface area (TPSA) is 66.4 Å². The lowest BCUT2D eigenvalue weighted by Crippen LogP contribution is -2.36. The number of carbonyl (C=O) groups excluding carboxylic acids is 1. The van der Waals surface area contributed by atoms with Crippen LogP contribution in [0, 0.1) is 5.82 Å². The van der Waals surface area contributed by atoms with Gasteiger partial charge in [-0.15, -0.1) is 0 Å². The molecule has 8 heteroatoms. The number of hydrogen-bond donors (Lipinski definition) is 2. The molecule has 1 aromatic carbocycles. The third-order valence-electron chi connectivity index (χ3n) is 2.78. The van der Waals surface area contributed by atoms with E-state index >= 15 is 0 Å². The number of nitrogens with one attached hydrogen (secondary N) is 1. The molecule has 0 saturated heterocycles. The molecule has 1 amide bonds. The minimum atomic E-state index is -4.91. The van der Waals surface area contributed by atoms with E-state index < -0.39 is 35.5 Å². The lowest BCUT2D eigenvalue weighted by molar-refractivity contribution is -0.140. The molecular weight excluding hydrogens is 294 g/mol. The Hall–Kier alpha value is -2.12. The molecule has 0 aromatic heterocycles. The van der Waals surface area contributed by atoms with Crippen LogP contribution in [0.25, 0.3) is 0 Å². The number of carboxylic acids is 1. The Kier molecular flexibility index (Phi) is 5.28. The zero-order valence-electron chi connectivity index (χ0n) is 11.0. The molecule has 116 valence electrons. The van der Waals surface area contributed by atoms with Crippen molar-refractivity contribution in [3.63, 3.8) is 0 Å². The zero-order chi connectivity index (χ0) is 16.2. The zero-order valence-corrected chi connectivity index (χ0v) is 11.0. The van der Waals surface area contributed by atoms with Crippen molar-refractivity contribution in [3.05, 3.63) is 35.1 Å². The Morgan fingerprint density at radius 3 is 2.43 bits per heavy atom. The summed E-state index contributed by atoms with van der Waals surface area (Å²) in [5.41, 5.74) is -1.92. The summed E-state index contributed by atoms with van der Waals surface area (Å²) in [6.45, 7) is 1.62. The number of aliphatic carboxylic acids is 1. The summed E-state index contributed by atoms with van der Waals surface area (Å²) < 4.78 is 50.7. The van der Waals surface area contributed by atoms with Gasteiger partial charge in [0.2, 0.25) is 0 Å². The van der Waals surface area contributed by atoms with Crippen LogP contribution in [0.5, 0.6) is 0 Å². The van der Waals surface area contributed by atoms with Crippen molar-refractivity contribution in [1.82, 2.24) is 5.32 Å². The summed E-state index contributed by atoms with van der Waals surface area (Å²) in [6, 6.07) is 1.15. The maximum absolute atomic E-state index is 13.1. The van der Waals surface area contributed by atoms with E-state index in [9.17, 15) is 27.2 Å². The van der Waals surface area contributed by atoms with Crippen LogP contribution < -0.4 is 5.32 Å². The molecule has 0 saturated carbocycles. The maximum atomic E-state index is 13.1. The molecule has 4 nitrogen and oxygen atoms in total. The largest absolute Gasteiger partial charge is 0.481 e. The Bertz CT molecular complexity index is 543. The van der Waals surface area contributed by atoms with Gasteiger partial charge in [0.05, 0.1) is 12.0 Å². The van der Waals surface area contributed by atoms with E-state index in [4.69, 9.17) is 5.11 Å². The number of rotatable bonds is 5. The SMILES string of the molecule is CCC(CC(=O)O)NC(=O)c1ccc(F)c(C(F)(F)F)c1. The van der Waals surface area contributed by atoms with E-state index in [1.165, 1.54) is 0 Å². The second-order valence-corrected chi connectivity index (χ2v) is 4.37. The van der Waals surface area contributed by atoms with Crippen LogP contribution in [0.15, 0.2) is 18.2 Å². The highest BCUT2D eigenvalue weighted by atomic mass is 19.4. The maximum Gasteiger partial charge on any atom is 0.419 e. The summed E-state index contributed by atoms with van der Waals surface area (Å²) in [4.78, 5) is 22.4. The van der Waals surface area contributed by atoms with Crippen molar-refractivity contribution in [1.29, 1.82) is 0 Å². The summed E-state index contributed by atoms with van der Waals surface area (Å²) in [7, 11) is 0. The highest BCUT2D eigenvalue weighted by molar-refractivity contribution is 5.94. The summed E-state index contributed by atoms with van der Waals surface area (Å²) >= 11 is 0. The molecule has 21 heavy (non-hydrogen) atoms. The highest BCUT2D eigenvalue weighted by Gasteiger charge is 2.34. The van der Waals surface area contributed by atoms with E-state index in [1.54, 1.807) is 6.92 Å². The van der Waals surface area contributed by atoms with Crippen molar-refractivity contribution < 1.29 is 32.3 Å².